The summed E-state index contributed by atoms with van der Waals surface area (Å²) in [5, 5.41) is 0.720. The zero-order valence-corrected chi connectivity index (χ0v) is 20.4. The van der Waals surface area contributed by atoms with Gasteiger partial charge in [-0.1, -0.05) is 23.2 Å². The SMILES string of the molecule is CCN(CC)C(=O)CN1CCCN(C(=O)C2CCCN2C(=O)c2ccc(Cl)c(Cl)c2)CC1. The van der Waals surface area contributed by atoms with Gasteiger partial charge in [-0.2, -0.15) is 0 Å². The lowest BCUT2D eigenvalue weighted by Gasteiger charge is -2.30. The summed E-state index contributed by atoms with van der Waals surface area (Å²) in [6.45, 7) is 8.96. The first-order valence-electron chi connectivity index (χ1n) is 11.4. The van der Waals surface area contributed by atoms with Crippen LogP contribution in [-0.2, 0) is 9.59 Å². The molecule has 0 radical (unpaired) electrons. The molecule has 32 heavy (non-hydrogen) atoms. The van der Waals surface area contributed by atoms with E-state index in [1.807, 2.05) is 23.6 Å². The van der Waals surface area contributed by atoms with Gasteiger partial charge in [-0.25, -0.2) is 0 Å². The molecule has 2 heterocycles. The van der Waals surface area contributed by atoms with Gasteiger partial charge < -0.3 is 14.7 Å². The maximum atomic E-state index is 13.3. The van der Waals surface area contributed by atoms with E-state index in [-0.39, 0.29) is 17.7 Å². The lowest BCUT2D eigenvalue weighted by molar-refractivity contribution is -0.135. The highest BCUT2D eigenvalue weighted by atomic mass is 35.5. The van der Waals surface area contributed by atoms with Crippen molar-refractivity contribution in [2.45, 2.75) is 39.2 Å². The molecule has 2 aliphatic rings. The van der Waals surface area contributed by atoms with Crippen molar-refractivity contribution in [2.24, 2.45) is 0 Å². The van der Waals surface area contributed by atoms with Gasteiger partial charge in [0.1, 0.15) is 6.04 Å². The number of carbonyl (C=O) groups is 3. The van der Waals surface area contributed by atoms with Crippen molar-refractivity contribution in [3.8, 4) is 0 Å². The van der Waals surface area contributed by atoms with Crippen molar-refractivity contribution in [1.29, 1.82) is 0 Å². The van der Waals surface area contributed by atoms with Crippen LogP contribution < -0.4 is 0 Å². The Morgan fingerprint density at radius 1 is 0.969 bits per heavy atom. The highest BCUT2D eigenvalue weighted by Crippen LogP contribution is 2.26. The van der Waals surface area contributed by atoms with Crippen LogP contribution in [0.2, 0.25) is 10.0 Å². The molecule has 0 saturated carbocycles. The van der Waals surface area contributed by atoms with Gasteiger partial charge >= 0.3 is 0 Å². The molecule has 0 aliphatic carbocycles. The molecule has 9 heteroatoms. The average molecular weight is 483 g/mol. The topological polar surface area (TPSA) is 64.2 Å². The Kier molecular flexibility index (Phi) is 8.79. The van der Waals surface area contributed by atoms with E-state index in [2.05, 4.69) is 4.90 Å². The van der Waals surface area contributed by atoms with Crippen molar-refractivity contribution in [2.75, 3.05) is 52.4 Å². The van der Waals surface area contributed by atoms with Crippen molar-refractivity contribution in [3.05, 3.63) is 33.8 Å². The van der Waals surface area contributed by atoms with Crippen LogP contribution in [0.1, 0.15) is 43.5 Å². The zero-order valence-electron chi connectivity index (χ0n) is 18.9. The van der Waals surface area contributed by atoms with Crippen LogP contribution in [0, 0.1) is 0 Å². The lowest BCUT2D eigenvalue weighted by Crippen LogP contribution is -2.49. The van der Waals surface area contributed by atoms with Crippen LogP contribution in [0.4, 0.5) is 0 Å². The van der Waals surface area contributed by atoms with Gasteiger partial charge in [0.15, 0.2) is 0 Å². The first-order chi connectivity index (χ1) is 15.3. The van der Waals surface area contributed by atoms with Crippen LogP contribution in [-0.4, -0.2) is 95.7 Å². The second-order valence-electron chi connectivity index (χ2n) is 8.31. The monoisotopic (exact) mass is 482 g/mol. The van der Waals surface area contributed by atoms with Gasteiger partial charge in [0, 0.05) is 51.4 Å². The summed E-state index contributed by atoms with van der Waals surface area (Å²) in [5.74, 6) is -0.0718. The molecule has 0 bridgehead atoms. The highest BCUT2D eigenvalue weighted by Gasteiger charge is 2.37. The number of amides is 3. The summed E-state index contributed by atoms with van der Waals surface area (Å²) in [5.41, 5.74) is 0.441. The Morgan fingerprint density at radius 2 is 1.72 bits per heavy atom. The first kappa shape index (κ1) is 24.8. The normalized spacial score (nSPS) is 19.7. The van der Waals surface area contributed by atoms with E-state index in [1.165, 1.54) is 0 Å². The van der Waals surface area contributed by atoms with Crippen molar-refractivity contribution in [3.63, 3.8) is 0 Å². The molecule has 1 unspecified atom stereocenters. The Balaban J connectivity index is 1.61. The second-order valence-corrected chi connectivity index (χ2v) is 9.12. The van der Waals surface area contributed by atoms with Crippen molar-refractivity contribution < 1.29 is 14.4 Å². The van der Waals surface area contributed by atoms with Gasteiger partial charge in [-0.05, 0) is 51.3 Å². The number of hydrogen-bond donors (Lipinski definition) is 0. The molecule has 1 aromatic rings. The smallest absolute Gasteiger partial charge is 0.254 e. The predicted molar refractivity (Wildman–Crippen MR) is 126 cm³/mol. The molecular formula is C23H32Cl2N4O3. The lowest BCUT2D eigenvalue weighted by atomic mass is 10.1. The van der Waals surface area contributed by atoms with Gasteiger partial charge in [0.05, 0.1) is 16.6 Å². The Hall–Kier alpha value is -1.83. The molecule has 0 aromatic heterocycles. The average Bonchev–Trinajstić information content (AvgIpc) is 3.16. The number of carbonyl (C=O) groups excluding carboxylic acids is 3. The summed E-state index contributed by atoms with van der Waals surface area (Å²) < 4.78 is 0. The van der Waals surface area contributed by atoms with Gasteiger partial charge in [0.25, 0.3) is 5.91 Å². The molecule has 0 N–H and O–H groups in total. The van der Waals surface area contributed by atoms with E-state index >= 15 is 0 Å². The Labute approximate surface area is 200 Å². The maximum absolute atomic E-state index is 13.3. The molecule has 3 amide bonds. The van der Waals surface area contributed by atoms with E-state index in [4.69, 9.17) is 23.2 Å². The number of benzene rings is 1. The highest BCUT2D eigenvalue weighted by molar-refractivity contribution is 6.42. The summed E-state index contributed by atoms with van der Waals surface area (Å²) >= 11 is 12.1. The fourth-order valence-corrected chi connectivity index (χ4v) is 4.79. The van der Waals surface area contributed by atoms with E-state index in [1.54, 1.807) is 23.1 Å². The fourth-order valence-electron chi connectivity index (χ4n) is 4.49. The maximum Gasteiger partial charge on any atom is 0.254 e. The fraction of sp³-hybridized carbons (Fsp3) is 0.609. The van der Waals surface area contributed by atoms with Crippen LogP contribution >= 0.6 is 23.2 Å². The van der Waals surface area contributed by atoms with Gasteiger partial charge in [-0.15, -0.1) is 0 Å². The molecule has 2 fully saturated rings. The third-order valence-electron chi connectivity index (χ3n) is 6.34. The van der Waals surface area contributed by atoms with Crippen molar-refractivity contribution in [1.82, 2.24) is 19.6 Å². The number of halogens is 2. The van der Waals surface area contributed by atoms with E-state index < -0.39 is 6.04 Å². The summed E-state index contributed by atoms with van der Waals surface area (Å²) in [6.07, 6.45) is 2.26. The second kappa shape index (κ2) is 11.3. The van der Waals surface area contributed by atoms with Gasteiger partial charge in [-0.3, -0.25) is 19.3 Å². The van der Waals surface area contributed by atoms with E-state index in [0.717, 1.165) is 19.4 Å². The first-order valence-corrected chi connectivity index (χ1v) is 12.2. The summed E-state index contributed by atoms with van der Waals surface area (Å²) in [6, 6.07) is 4.35. The minimum atomic E-state index is -0.458. The number of likely N-dealkylation sites (N-methyl/N-ethyl adjacent to an activating group) is 1. The molecule has 2 aliphatic heterocycles. The molecule has 1 atom stereocenters. The number of hydrogen-bond acceptors (Lipinski definition) is 4. The molecule has 3 rings (SSSR count). The largest absolute Gasteiger partial charge is 0.342 e. The number of likely N-dealkylation sites (tertiary alicyclic amines) is 1. The van der Waals surface area contributed by atoms with Crippen LogP contribution in [0.5, 0.6) is 0 Å². The molecule has 1 aromatic carbocycles. The summed E-state index contributed by atoms with van der Waals surface area (Å²) in [7, 11) is 0. The van der Waals surface area contributed by atoms with Crippen LogP contribution in [0.3, 0.4) is 0 Å². The molecule has 176 valence electrons. The standard InChI is InChI=1S/C23H32Cl2N4O3/c1-3-27(4-2)21(30)16-26-10-6-11-28(14-13-26)23(32)20-7-5-12-29(20)22(31)17-8-9-18(24)19(25)15-17/h8-9,15,20H,3-7,10-14,16H2,1-2H3. The number of nitrogens with zero attached hydrogens (tertiary/aromatic N) is 4. The summed E-state index contributed by atoms with van der Waals surface area (Å²) in [4.78, 5) is 46.3. The zero-order chi connectivity index (χ0) is 23.3. The molecule has 2 saturated heterocycles. The number of rotatable bonds is 6. The van der Waals surface area contributed by atoms with Crippen LogP contribution in [0.25, 0.3) is 0 Å². The quantitative estimate of drug-likeness (QED) is 0.624. The minimum Gasteiger partial charge on any atom is -0.342 e. The molecule has 0 spiro atoms. The predicted octanol–water partition coefficient (Wildman–Crippen LogP) is 3.00. The van der Waals surface area contributed by atoms with Gasteiger partial charge in [0.2, 0.25) is 11.8 Å². The van der Waals surface area contributed by atoms with E-state index in [9.17, 15) is 14.4 Å². The third kappa shape index (κ3) is 5.74. The third-order valence-corrected chi connectivity index (χ3v) is 7.08. The molecule has 7 nitrogen and oxygen atoms in total. The minimum absolute atomic E-state index is 0.00664. The molecular weight excluding hydrogens is 451 g/mol. The Morgan fingerprint density at radius 3 is 2.41 bits per heavy atom. The van der Waals surface area contributed by atoms with Crippen LogP contribution in [0.15, 0.2) is 18.2 Å². The van der Waals surface area contributed by atoms with Crippen molar-refractivity contribution >= 4 is 40.9 Å². The Bertz CT molecular complexity index is 847. The van der Waals surface area contributed by atoms with E-state index in [0.29, 0.717) is 67.8 Å².